The van der Waals surface area contributed by atoms with Gasteiger partial charge >= 0.3 is 6.09 Å². The number of amides is 2. The molecule has 3 aromatic heterocycles. The lowest BCUT2D eigenvalue weighted by Gasteiger charge is -2.27. The summed E-state index contributed by atoms with van der Waals surface area (Å²) in [4.78, 5) is 37.4. The van der Waals surface area contributed by atoms with Gasteiger partial charge < -0.3 is 14.2 Å². The molecule has 1 aromatic carbocycles. The number of ether oxygens (including phenoxy) is 1. The average Bonchev–Trinajstić information content (AvgIpc) is 3.31. The van der Waals surface area contributed by atoms with Crippen molar-refractivity contribution < 1.29 is 14.3 Å². The molecule has 4 heterocycles. The standard InChI is InChI=1S/C34H37N7O3/c1-34(2,3)44-33(43)38-30-10-8-24(20-37-30)28-11-14-36-31-29(28)18-26(40(31)6)21-41-15-12-22(13-16-41)27-9-7-23(17-25(27)19-35)32(42)39(4)5/h7-12,14,17-18,20H,13,15-16,21H2,1-6H3,(H,37,38,43). The molecule has 0 unspecified atom stereocenters. The molecule has 1 aliphatic heterocycles. The van der Waals surface area contributed by atoms with Crippen LogP contribution in [0.4, 0.5) is 10.6 Å². The summed E-state index contributed by atoms with van der Waals surface area (Å²) in [5.74, 6) is 0.299. The monoisotopic (exact) mass is 591 g/mol. The van der Waals surface area contributed by atoms with Crippen molar-refractivity contribution in [3.63, 3.8) is 0 Å². The molecule has 5 rings (SSSR count). The lowest BCUT2D eigenvalue weighted by Crippen LogP contribution is -2.29. The average molecular weight is 592 g/mol. The van der Waals surface area contributed by atoms with Crippen LogP contribution in [0, 0.1) is 11.3 Å². The molecule has 0 atom stereocenters. The van der Waals surface area contributed by atoms with E-state index >= 15 is 0 Å². The number of carbonyl (C=O) groups excluding carboxylic acids is 2. The number of aromatic nitrogens is 3. The van der Waals surface area contributed by atoms with Crippen molar-refractivity contribution in [2.24, 2.45) is 7.05 Å². The number of benzene rings is 1. The number of nitrogens with zero attached hydrogens (tertiary/aromatic N) is 6. The normalized spacial score (nSPS) is 13.7. The number of nitrogens with one attached hydrogen (secondary N) is 1. The molecule has 0 saturated heterocycles. The number of fused-ring (bicyclic) bond motifs is 1. The molecule has 0 radical (unpaired) electrons. The third kappa shape index (κ3) is 6.63. The number of aryl methyl sites for hydroxylation is 1. The van der Waals surface area contributed by atoms with E-state index in [4.69, 9.17) is 4.74 Å². The van der Waals surface area contributed by atoms with Crippen molar-refractivity contribution >= 4 is 34.4 Å². The molecule has 4 aromatic rings. The maximum absolute atomic E-state index is 12.4. The van der Waals surface area contributed by atoms with Crippen LogP contribution in [0.25, 0.3) is 27.7 Å². The summed E-state index contributed by atoms with van der Waals surface area (Å²) in [5, 5.41) is 13.5. The maximum atomic E-state index is 12.4. The fourth-order valence-corrected chi connectivity index (χ4v) is 5.35. The topological polar surface area (TPSA) is 116 Å². The van der Waals surface area contributed by atoms with Gasteiger partial charge in [0.2, 0.25) is 0 Å². The highest BCUT2D eigenvalue weighted by Gasteiger charge is 2.20. The van der Waals surface area contributed by atoms with Gasteiger partial charge in [0.05, 0.1) is 11.6 Å². The van der Waals surface area contributed by atoms with Gasteiger partial charge in [0, 0.05) is 75.4 Å². The third-order valence-electron chi connectivity index (χ3n) is 7.55. The highest BCUT2D eigenvalue weighted by Crippen LogP contribution is 2.31. The van der Waals surface area contributed by atoms with Crippen LogP contribution in [-0.4, -0.2) is 69.1 Å². The molecular formula is C34H37N7O3. The van der Waals surface area contributed by atoms with Gasteiger partial charge in [-0.15, -0.1) is 0 Å². The molecule has 0 aliphatic carbocycles. The summed E-state index contributed by atoms with van der Waals surface area (Å²) >= 11 is 0. The number of nitriles is 1. The Morgan fingerprint density at radius 1 is 1.09 bits per heavy atom. The van der Waals surface area contributed by atoms with Gasteiger partial charge in [-0.2, -0.15) is 5.26 Å². The van der Waals surface area contributed by atoms with E-state index in [2.05, 4.69) is 43.0 Å². The SMILES string of the molecule is CN(C)C(=O)c1ccc(C2=CCN(Cc3cc4c(-c5ccc(NC(=O)OC(C)(C)C)nc5)ccnc4n3C)CC2)c(C#N)c1. The molecule has 10 nitrogen and oxygen atoms in total. The van der Waals surface area contributed by atoms with E-state index < -0.39 is 11.7 Å². The van der Waals surface area contributed by atoms with Gasteiger partial charge in [-0.3, -0.25) is 15.0 Å². The van der Waals surface area contributed by atoms with Gasteiger partial charge in [-0.1, -0.05) is 12.1 Å². The highest BCUT2D eigenvalue weighted by molar-refractivity contribution is 5.95. The smallest absolute Gasteiger partial charge is 0.413 e. The number of anilines is 1. The summed E-state index contributed by atoms with van der Waals surface area (Å²) in [7, 11) is 5.44. The zero-order chi connectivity index (χ0) is 31.6. The van der Waals surface area contributed by atoms with Crippen LogP contribution in [0.1, 0.15) is 54.4 Å². The van der Waals surface area contributed by atoms with Crippen LogP contribution in [0.2, 0.25) is 0 Å². The van der Waals surface area contributed by atoms with Gasteiger partial charge in [-0.05, 0) is 80.3 Å². The number of rotatable bonds is 6. The molecule has 0 saturated carbocycles. The fourth-order valence-electron chi connectivity index (χ4n) is 5.35. The summed E-state index contributed by atoms with van der Waals surface area (Å²) in [5.41, 5.74) is 6.41. The van der Waals surface area contributed by atoms with Crippen LogP contribution in [-0.2, 0) is 18.3 Å². The summed E-state index contributed by atoms with van der Waals surface area (Å²) in [6, 6.07) is 15.5. The first-order chi connectivity index (χ1) is 20.9. The van der Waals surface area contributed by atoms with Crippen molar-refractivity contribution in [2.75, 3.05) is 32.5 Å². The predicted octanol–water partition coefficient (Wildman–Crippen LogP) is 5.85. The molecule has 1 N–H and O–H groups in total. The first-order valence-corrected chi connectivity index (χ1v) is 14.5. The predicted molar refractivity (Wildman–Crippen MR) is 171 cm³/mol. The molecule has 10 heteroatoms. The van der Waals surface area contributed by atoms with Crippen LogP contribution in [0.5, 0.6) is 0 Å². The molecular weight excluding hydrogens is 554 g/mol. The van der Waals surface area contributed by atoms with E-state index in [-0.39, 0.29) is 5.91 Å². The Morgan fingerprint density at radius 2 is 1.89 bits per heavy atom. The second-order valence-corrected chi connectivity index (χ2v) is 12.1. The van der Waals surface area contributed by atoms with Gasteiger partial charge in [0.1, 0.15) is 17.1 Å². The van der Waals surface area contributed by atoms with Gasteiger partial charge in [0.15, 0.2) is 0 Å². The summed E-state index contributed by atoms with van der Waals surface area (Å²) < 4.78 is 7.44. The Morgan fingerprint density at radius 3 is 2.52 bits per heavy atom. The first-order valence-electron chi connectivity index (χ1n) is 14.5. The van der Waals surface area contributed by atoms with Gasteiger partial charge in [-0.25, -0.2) is 14.8 Å². The molecule has 44 heavy (non-hydrogen) atoms. The quantitative estimate of drug-likeness (QED) is 0.299. The molecule has 0 bridgehead atoms. The minimum absolute atomic E-state index is 0.118. The summed E-state index contributed by atoms with van der Waals surface area (Å²) in [6.45, 7) is 7.77. The van der Waals surface area contributed by atoms with Crippen molar-refractivity contribution in [2.45, 2.75) is 39.3 Å². The van der Waals surface area contributed by atoms with E-state index in [1.165, 1.54) is 4.90 Å². The Balaban J connectivity index is 1.31. The van der Waals surface area contributed by atoms with Crippen LogP contribution >= 0.6 is 0 Å². The van der Waals surface area contributed by atoms with Crippen molar-refractivity contribution in [3.8, 4) is 17.2 Å². The maximum Gasteiger partial charge on any atom is 0.413 e. The number of carbonyl (C=O) groups is 2. The molecule has 226 valence electrons. The largest absolute Gasteiger partial charge is 0.444 e. The Labute approximate surface area is 257 Å². The summed E-state index contributed by atoms with van der Waals surface area (Å²) in [6.07, 6.45) is 5.98. The third-order valence-corrected chi connectivity index (χ3v) is 7.55. The first kappa shape index (κ1) is 30.4. The van der Waals surface area contributed by atoms with Crippen LogP contribution in [0.3, 0.4) is 0 Å². The Hall–Kier alpha value is -5.01. The van der Waals surface area contributed by atoms with Gasteiger partial charge in [0.25, 0.3) is 5.91 Å². The zero-order valence-electron chi connectivity index (χ0n) is 26.0. The number of hydrogen-bond donors (Lipinski definition) is 1. The van der Waals surface area contributed by atoms with Crippen LogP contribution < -0.4 is 5.32 Å². The highest BCUT2D eigenvalue weighted by atomic mass is 16.6. The van der Waals surface area contributed by atoms with Crippen molar-refractivity contribution in [3.05, 3.63) is 83.3 Å². The number of hydrogen-bond acceptors (Lipinski definition) is 7. The van der Waals surface area contributed by atoms with Crippen molar-refractivity contribution in [1.82, 2.24) is 24.3 Å². The molecule has 0 spiro atoms. The minimum atomic E-state index is -0.591. The Bertz CT molecular complexity index is 1790. The fraction of sp³-hybridized carbons (Fsp3) is 0.324. The van der Waals surface area contributed by atoms with E-state index in [1.807, 2.05) is 46.0 Å². The van der Waals surface area contributed by atoms with Crippen molar-refractivity contribution in [1.29, 1.82) is 5.26 Å². The lowest BCUT2D eigenvalue weighted by molar-refractivity contribution is 0.0635. The minimum Gasteiger partial charge on any atom is -0.444 e. The number of pyridine rings is 2. The Kier molecular flexibility index (Phi) is 8.52. The van der Waals surface area contributed by atoms with E-state index in [9.17, 15) is 14.9 Å². The zero-order valence-corrected chi connectivity index (χ0v) is 26.0. The second kappa shape index (κ2) is 12.3. The van der Waals surface area contributed by atoms with Crippen LogP contribution in [0.15, 0.2) is 60.9 Å². The molecule has 1 aliphatic rings. The lowest BCUT2D eigenvalue weighted by atomic mass is 9.93. The van der Waals surface area contributed by atoms with E-state index in [0.29, 0.717) is 16.9 Å². The van der Waals surface area contributed by atoms with E-state index in [0.717, 1.165) is 65.0 Å². The molecule has 2 amide bonds. The molecule has 0 fully saturated rings. The second-order valence-electron chi connectivity index (χ2n) is 12.1. The van der Waals surface area contributed by atoms with E-state index in [1.54, 1.807) is 44.7 Å².